The summed E-state index contributed by atoms with van der Waals surface area (Å²) in [6.07, 6.45) is -0.153. The van der Waals surface area contributed by atoms with Gasteiger partial charge >= 0.3 is 11.9 Å². The molecule has 1 aliphatic rings. The predicted molar refractivity (Wildman–Crippen MR) is 137 cm³/mol. The molecule has 1 atom stereocenters. The van der Waals surface area contributed by atoms with Crippen molar-refractivity contribution in [2.24, 2.45) is 5.92 Å². The molecule has 0 aromatic heterocycles. The zero-order valence-electron chi connectivity index (χ0n) is 19.7. The Kier molecular flexibility index (Phi) is 8.40. The minimum absolute atomic E-state index is 0.0673. The van der Waals surface area contributed by atoms with Gasteiger partial charge in [-0.2, -0.15) is 0 Å². The molecule has 38 heavy (non-hydrogen) atoms. The highest BCUT2D eigenvalue weighted by atomic mass is 35.5. The van der Waals surface area contributed by atoms with Crippen LogP contribution in [0.2, 0.25) is 10.0 Å². The van der Waals surface area contributed by atoms with Crippen LogP contribution in [-0.4, -0.2) is 47.7 Å². The number of carbonyl (C=O) groups excluding carboxylic acids is 5. The van der Waals surface area contributed by atoms with Gasteiger partial charge in [-0.05, 0) is 54.6 Å². The van der Waals surface area contributed by atoms with E-state index in [1.54, 1.807) is 30.3 Å². The smallest absolute Gasteiger partial charge is 0.345 e. The summed E-state index contributed by atoms with van der Waals surface area (Å²) in [6.45, 7) is -0.610. The number of amides is 2. The Bertz CT molecular complexity index is 1390. The van der Waals surface area contributed by atoms with Gasteiger partial charge in [0, 0.05) is 22.6 Å². The van der Waals surface area contributed by atoms with Gasteiger partial charge in [0.2, 0.25) is 5.91 Å². The molecule has 4 rings (SSSR count). The van der Waals surface area contributed by atoms with Gasteiger partial charge < -0.3 is 9.47 Å². The maximum atomic E-state index is 12.5. The number of hydrogen-bond acceptors (Lipinski definition) is 7. The van der Waals surface area contributed by atoms with Gasteiger partial charge in [-0.15, -0.1) is 0 Å². The summed E-state index contributed by atoms with van der Waals surface area (Å²) in [7, 11) is 0. The molecular weight excluding hydrogens is 535 g/mol. The highest BCUT2D eigenvalue weighted by Gasteiger charge is 2.36. The number of Topliss-reactive ketones (excluding diaryl/α,β-unsaturated/α-hetero) is 1. The monoisotopic (exact) mass is 554 g/mol. The van der Waals surface area contributed by atoms with E-state index >= 15 is 0 Å². The Balaban J connectivity index is 1.26. The van der Waals surface area contributed by atoms with Crippen molar-refractivity contribution in [2.45, 2.75) is 6.42 Å². The minimum Gasteiger partial charge on any atom is -0.457 e. The highest BCUT2D eigenvalue weighted by Crippen LogP contribution is 2.23. The van der Waals surface area contributed by atoms with Crippen LogP contribution in [0, 0.1) is 5.92 Å². The minimum atomic E-state index is -0.826. The van der Waals surface area contributed by atoms with E-state index in [-0.39, 0.29) is 34.9 Å². The lowest BCUT2D eigenvalue weighted by Gasteiger charge is -2.17. The average molecular weight is 555 g/mol. The van der Waals surface area contributed by atoms with Gasteiger partial charge in [-0.1, -0.05) is 41.4 Å². The first-order valence-electron chi connectivity index (χ1n) is 11.3. The second kappa shape index (κ2) is 11.9. The van der Waals surface area contributed by atoms with Gasteiger partial charge in [-0.25, -0.2) is 4.79 Å². The molecule has 1 aliphatic heterocycles. The lowest BCUT2D eigenvalue weighted by Crippen LogP contribution is -2.43. The molecule has 0 saturated carbocycles. The number of hydrogen-bond donors (Lipinski definition) is 1. The molecule has 0 aliphatic carbocycles. The fourth-order valence-corrected chi connectivity index (χ4v) is 4.10. The number of esters is 2. The van der Waals surface area contributed by atoms with Crippen molar-refractivity contribution in [1.29, 1.82) is 0 Å². The Morgan fingerprint density at radius 1 is 0.921 bits per heavy atom. The van der Waals surface area contributed by atoms with Gasteiger partial charge in [0.1, 0.15) is 5.75 Å². The second-order valence-electron chi connectivity index (χ2n) is 8.28. The molecule has 194 valence electrons. The van der Waals surface area contributed by atoms with E-state index in [1.807, 2.05) is 0 Å². The van der Waals surface area contributed by atoms with Crippen molar-refractivity contribution in [3.05, 3.63) is 99.5 Å². The number of nitrogens with zero attached hydrogens (tertiary/aromatic N) is 1. The third-order valence-corrected chi connectivity index (χ3v) is 6.16. The molecule has 11 heteroatoms. The lowest BCUT2D eigenvalue weighted by atomic mass is 10.1. The van der Waals surface area contributed by atoms with E-state index in [4.69, 9.17) is 32.7 Å². The third kappa shape index (κ3) is 6.56. The van der Waals surface area contributed by atoms with Crippen molar-refractivity contribution in [1.82, 2.24) is 10.4 Å². The second-order valence-corrected chi connectivity index (χ2v) is 9.12. The number of halogens is 2. The zero-order valence-corrected chi connectivity index (χ0v) is 21.2. The summed E-state index contributed by atoms with van der Waals surface area (Å²) in [5.41, 5.74) is 3.20. The first kappa shape index (κ1) is 26.8. The number of ether oxygens (including phenoxy) is 2. The largest absolute Gasteiger partial charge is 0.457 e. The molecule has 9 nitrogen and oxygen atoms in total. The topological polar surface area (TPSA) is 119 Å². The highest BCUT2D eigenvalue weighted by molar-refractivity contribution is 6.36. The number of benzene rings is 3. The summed E-state index contributed by atoms with van der Waals surface area (Å²) >= 11 is 11.8. The first-order chi connectivity index (χ1) is 18.2. The van der Waals surface area contributed by atoms with Crippen LogP contribution in [0.15, 0.2) is 72.8 Å². The SMILES string of the molecule is O=C(COC(=O)C1CC(=O)N(NC(=O)c2ccccc2)C1)c1ccc(OC(=O)c2ccc(Cl)cc2Cl)cc1. The van der Waals surface area contributed by atoms with Crippen LogP contribution in [0.25, 0.3) is 0 Å². The third-order valence-electron chi connectivity index (χ3n) is 5.61. The van der Waals surface area contributed by atoms with Gasteiger partial charge in [0.05, 0.1) is 23.0 Å². The Morgan fingerprint density at radius 2 is 1.63 bits per heavy atom. The molecule has 0 radical (unpaired) electrons. The molecule has 3 aromatic carbocycles. The number of nitrogens with one attached hydrogen (secondary N) is 1. The number of rotatable bonds is 8. The fourth-order valence-electron chi connectivity index (χ4n) is 3.61. The molecule has 1 fully saturated rings. The molecule has 1 N–H and O–H groups in total. The Morgan fingerprint density at radius 3 is 2.32 bits per heavy atom. The first-order valence-corrected chi connectivity index (χ1v) is 12.1. The van der Waals surface area contributed by atoms with E-state index in [0.29, 0.717) is 10.6 Å². The normalized spacial score (nSPS) is 14.6. The van der Waals surface area contributed by atoms with E-state index in [1.165, 1.54) is 42.5 Å². The summed E-state index contributed by atoms with van der Waals surface area (Å²) in [4.78, 5) is 61.8. The molecule has 1 heterocycles. The van der Waals surface area contributed by atoms with Crippen LogP contribution in [-0.2, 0) is 14.3 Å². The predicted octanol–water partition coefficient (Wildman–Crippen LogP) is 4.13. The molecule has 3 aromatic rings. The number of hydrazine groups is 1. The van der Waals surface area contributed by atoms with Crippen molar-refractivity contribution >= 4 is 52.7 Å². The van der Waals surface area contributed by atoms with Crippen molar-refractivity contribution < 1.29 is 33.4 Å². The molecule has 2 amide bonds. The van der Waals surface area contributed by atoms with Crippen LogP contribution in [0.4, 0.5) is 0 Å². The fraction of sp³-hybridized carbons (Fsp3) is 0.148. The van der Waals surface area contributed by atoms with E-state index in [9.17, 15) is 24.0 Å². The van der Waals surface area contributed by atoms with Crippen LogP contribution in [0.1, 0.15) is 37.5 Å². The average Bonchev–Trinajstić information content (AvgIpc) is 3.27. The Labute approximate surface area is 227 Å². The quantitative estimate of drug-likeness (QED) is 0.252. The molecule has 0 bridgehead atoms. The summed E-state index contributed by atoms with van der Waals surface area (Å²) < 4.78 is 10.4. The maximum absolute atomic E-state index is 12.5. The van der Waals surface area contributed by atoms with E-state index in [0.717, 1.165) is 5.01 Å². The van der Waals surface area contributed by atoms with Gasteiger partial charge in [0.15, 0.2) is 12.4 Å². The number of ketones is 1. The standard InChI is InChI=1S/C27H20Cl2N2O7/c28-19-8-11-21(22(29)13-19)27(36)38-20-9-6-16(7-10-20)23(32)15-37-26(35)18-12-24(33)31(14-18)30-25(34)17-4-2-1-3-5-17/h1-11,13,18H,12,14-15H2,(H,30,34). The molecular formula is C27H20Cl2N2O7. The zero-order chi connectivity index (χ0) is 27.2. The van der Waals surface area contributed by atoms with Crippen LogP contribution in [0.5, 0.6) is 5.75 Å². The van der Waals surface area contributed by atoms with Crippen LogP contribution < -0.4 is 10.2 Å². The maximum Gasteiger partial charge on any atom is 0.345 e. The molecule has 0 spiro atoms. The van der Waals surface area contributed by atoms with Crippen molar-refractivity contribution in [3.63, 3.8) is 0 Å². The summed E-state index contributed by atoms with van der Waals surface area (Å²) in [5, 5.41) is 1.59. The van der Waals surface area contributed by atoms with E-state index in [2.05, 4.69) is 5.43 Å². The molecule has 1 unspecified atom stereocenters. The molecule has 1 saturated heterocycles. The lowest BCUT2D eigenvalue weighted by molar-refractivity contribution is -0.147. The van der Waals surface area contributed by atoms with Crippen LogP contribution >= 0.6 is 23.2 Å². The van der Waals surface area contributed by atoms with Gasteiger partial charge in [0.25, 0.3) is 5.91 Å². The van der Waals surface area contributed by atoms with Crippen molar-refractivity contribution in [2.75, 3.05) is 13.2 Å². The number of carbonyl (C=O) groups is 5. The summed E-state index contributed by atoms with van der Waals surface area (Å²) in [6, 6.07) is 18.4. The van der Waals surface area contributed by atoms with E-state index < -0.39 is 42.1 Å². The van der Waals surface area contributed by atoms with Gasteiger partial charge in [-0.3, -0.25) is 29.6 Å². The van der Waals surface area contributed by atoms with Crippen molar-refractivity contribution in [3.8, 4) is 5.75 Å². The van der Waals surface area contributed by atoms with Crippen LogP contribution in [0.3, 0.4) is 0 Å². The summed E-state index contributed by atoms with van der Waals surface area (Å²) in [5.74, 6) is -3.48. The Hall–Kier alpha value is -4.21.